The van der Waals surface area contributed by atoms with Gasteiger partial charge in [-0.15, -0.1) is 0 Å². The second kappa shape index (κ2) is 6.82. The van der Waals surface area contributed by atoms with Crippen LogP contribution in [0.3, 0.4) is 0 Å². The lowest BCUT2D eigenvalue weighted by molar-refractivity contribution is -0.137. The van der Waals surface area contributed by atoms with Crippen molar-refractivity contribution in [2.24, 2.45) is 0 Å². The molecule has 0 N–H and O–H groups in total. The molecule has 0 heterocycles. The molecular formula is C8H16O4Si. The van der Waals surface area contributed by atoms with Gasteiger partial charge in [0.15, 0.2) is 0 Å². The lowest BCUT2D eigenvalue weighted by atomic mass is 10.5. The summed E-state index contributed by atoms with van der Waals surface area (Å²) >= 11 is 0. The predicted octanol–water partition coefficient (Wildman–Crippen LogP) is 0.619. The summed E-state index contributed by atoms with van der Waals surface area (Å²) in [4.78, 5) is 10.7. The number of ether oxygens (including phenoxy) is 1. The molecule has 0 rings (SSSR count). The Morgan fingerprint density at radius 1 is 1.54 bits per heavy atom. The zero-order valence-corrected chi connectivity index (χ0v) is 9.43. The molecule has 1 atom stereocenters. The summed E-state index contributed by atoms with van der Waals surface area (Å²) in [5.74, 6) is -0.410. The molecule has 4 nitrogen and oxygen atoms in total. The molecule has 1 unspecified atom stereocenters. The van der Waals surface area contributed by atoms with Crippen LogP contribution in [0.2, 0.25) is 5.54 Å². The van der Waals surface area contributed by atoms with Crippen LogP contribution in [0.5, 0.6) is 0 Å². The maximum absolute atomic E-state index is 10.7. The highest BCUT2D eigenvalue weighted by Crippen LogP contribution is 2.10. The van der Waals surface area contributed by atoms with E-state index in [1.807, 2.05) is 6.92 Å². The van der Waals surface area contributed by atoms with Gasteiger partial charge in [-0.2, -0.15) is 0 Å². The monoisotopic (exact) mass is 204 g/mol. The lowest BCUT2D eigenvalue weighted by Gasteiger charge is -2.17. The van der Waals surface area contributed by atoms with Crippen LogP contribution in [0.25, 0.3) is 0 Å². The van der Waals surface area contributed by atoms with Crippen LogP contribution in [0.15, 0.2) is 12.7 Å². The molecule has 0 aromatic carbocycles. The van der Waals surface area contributed by atoms with Crippen LogP contribution in [0.4, 0.5) is 0 Å². The van der Waals surface area contributed by atoms with Crippen molar-refractivity contribution in [3.05, 3.63) is 12.7 Å². The van der Waals surface area contributed by atoms with E-state index in [0.29, 0.717) is 6.61 Å². The Bertz CT molecular complexity index is 168. The van der Waals surface area contributed by atoms with Gasteiger partial charge in [0, 0.05) is 25.8 Å². The molecule has 0 fully saturated rings. The summed E-state index contributed by atoms with van der Waals surface area (Å²) in [7, 11) is 1.54. The second-order valence-electron chi connectivity index (χ2n) is 2.65. The van der Waals surface area contributed by atoms with Gasteiger partial charge < -0.3 is 13.6 Å². The summed E-state index contributed by atoms with van der Waals surface area (Å²) in [6.07, 6.45) is 1.14. The minimum absolute atomic E-state index is 0.138. The van der Waals surface area contributed by atoms with Gasteiger partial charge in [0.1, 0.15) is 0 Å². The van der Waals surface area contributed by atoms with Crippen molar-refractivity contribution in [2.75, 3.05) is 20.8 Å². The molecule has 0 aliphatic heterocycles. The molecule has 0 aliphatic carbocycles. The van der Waals surface area contributed by atoms with Crippen molar-refractivity contribution < 1.29 is 18.4 Å². The molecule has 0 saturated carbocycles. The van der Waals surface area contributed by atoms with E-state index in [9.17, 15) is 4.79 Å². The third-order valence-corrected chi connectivity index (χ3v) is 3.64. The van der Waals surface area contributed by atoms with Crippen molar-refractivity contribution in [1.82, 2.24) is 0 Å². The summed E-state index contributed by atoms with van der Waals surface area (Å²) < 4.78 is 15.1. The van der Waals surface area contributed by atoms with Crippen LogP contribution in [0, 0.1) is 0 Å². The first-order valence-corrected chi connectivity index (χ1v) is 5.61. The Morgan fingerprint density at radius 3 is 2.46 bits per heavy atom. The number of hydrogen-bond acceptors (Lipinski definition) is 4. The van der Waals surface area contributed by atoms with E-state index in [4.69, 9.17) is 13.6 Å². The Balaban J connectivity index is 3.77. The molecule has 0 spiro atoms. The van der Waals surface area contributed by atoms with Crippen LogP contribution < -0.4 is 0 Å². The topological polar surface area (TPSA) is 44.8 Å². The average Bonchev–Trinajstić information content (AvgIpc) is 2.16. The van der Waals surface area contributed by atoms with Crippen molar-refractivity contribution in [3.63, 3.8) is 0 Å². The third-order valence-electron chi connectivity index (χ3n) is 1.58. The van der Waals surface area contributed by atoms with Gasteiger partial charge in [0.05, 0.1) is 6.61 Å². The van der Waals surface area contributed by atoms with Crippen LogP contribution in [0.1, 0.15) is 6.92 Å². The third kappa shape index (κ3) is 4.82. The molecule has 0 aromatic rings. The van der Waals surface area contributed by atoms with Crippen LogP contribution >= 0.6 is 0 Å². The standard InChI is InChI=1S/C8H16O4Si/c1-5-8(9)12-6-7(2)13(10-3)11-4/h5,7,13H,1,6H2,2-4H3. The first-order chi connectivity index (χ1) is 6.15. The van der Waals surface area contributed by atoms with Gasteiger partial charge in [-0.3, -0.25) is 0 Å². The first-order valence-electron chi connectivity index (χ1n) is 4.00. The minimum Gasteiger partial charge on any atom is -0.462 e. The minimum atomic E-state index is -1.67. The summed E-state index contributed by atoms with van der Waals surface area (Å²) in [6, 6.07) is 0. The van der Waals surface area contributed by atoms with E-state index in [2.05, 4.69) is 6.58 Å². The lowest BCUT2D eigenvalue weighted by Crippen LogP contribution is -2.28. The smallest absolute Gasteiger partial charge is 0.330 e. The van der Waals surface area contributed by atoms with Crippen LogP contribution in [-0.4, -0.2) is 36.1 Å². The molecule has 76 valence electrons. The molecule has 13 heavy (non-hydrogen) atoms. The molecule has 5 heteroatoms. The molecule has 0 amide bonds. The van der Waals surface area contributed by atoms with Gasteiger partial charge in [0.2, 0.25) is 0 Å². The zero-order valence-electron chi connectivity index (χ0n) is 8.28. The highest BCUT2D eigenvalue weighted by atomic mass is 28.3. The van der Waals surface area contributed by atoms with Crippen molar-refractivity contribution in [2.45, 2.75) is 12.5 Å². The van der Waals surface area contributed by atoms with Gasteiger partial charge in [-0.1, -0.05) is 13.5 Å². The fourth-order valence-corrected chi connectivity index (χ4v) is 2.29. The Kier molecular flexibility index (Phi) is 6.48. The molecule has 0 saturated heterocycles. The van der Waals surface area contributed by atoms with E-state index in [1.165, 1.54) is 0 Å². The summed E-state index contributed by atoms with van der Waals surface area (Å²) in [5.41, 5.74) is 0.138. The molecule has 0 radical (unpaired) electrons. The molecule has 0 aromatic heterocycles. The van der Waals surface area contributed by atoms with Gasteiger partial charge in [-0.05, 0) is 0 Å². The SMILES string of the molecule is C=CC(=O)OCC(C)[SiH](OC)OC. The highest BCUT2D eigenvalue weighted by molar-refractivity contribution is 6.46. The average molecular weight is 204 g/mol. The molecule has 0 aliphatic rings. The normalized spacial score (nSPS) is 12.6. The second-order valence-corrected chi connectivity index (χ2v) is 5.47. The zero-order chi connectivity index (χ0) is 10.3. The quantitative estimate of drug-likeness (QED) is 0.361. The van der Waals surface area contributed by atoms with Crippen LogP contribution in [-0.2, 0) is 18.4 Å². The number of esters is 1. The Morgan fingerprint density at radius 2 is 2.08 bits per heavy atom. The van der Waals surface area contributed by atoms with Crippen molar-refractivity contribution in [1.29, 1.82) is 0 Å². The summed E-state index contributed by atoms with van der Waals surface area (Å²) in [5, 5.41) is 0. The Hall–Kier alpha value is -0.653. The van der Waals surface area contributed by atoms with Crippen molar-refractivity contribution >= 4 is 15.3 Å². The van der Waals surface area contributed by atoms with Crippen molar-refractivity contribution in [3.8, 4) is 0 Å². The maximum Gasteiger partial charge on any atom is 0.330 e. The fraction of sp³-hybridized carbons (Fsp3) is 0.625. The first kappa shape index (κ1) is 12.3. The van der Waals surface area contributed by atoms with Gasteiger partial charge in [-0.25, -0.2) is 4.79 Å². The number of carbonyl (C=O) groups is 1. The molecular weight excluding hydrogens is 188 g/mol. The fourth-order valence-electron chi connectivity index (χ4n) is 0.912. The van der Waals surface area contributed by atoms with E-state index < -0.39 is 15.3 Å². The number of hydrogen-bond donors (Lipinski definition) is 0. The van der Waals surface area contributed by atoms with E-state index in [-0.39, 0.29) is 5.54 Å². The van der Waals surface area contributed by atoms with E-state index in [1.54, 1.807) is 14.2 Å². The number of rotatable bonds is 6. The highest BCUT2D eigenvalue weighted by Gasteiger charge is 2.20. The molecule has 0 bridgehead atoms. The van der Waals surface area contributed by atoms with E-state index >= 15 is 0 Å². The van der Waals surface area contributed by atoms with Gasteiger partial charge >= 0.3 is 15.3 Å². The largest absolute Gasteiger partial charge is 0.462 e. The Labute approximate surface area is 80.3 Å². The summed E-state index contributed by atoms with van der Waals surface area (Å²) in [6.45, 7) is 5.55. The number of carbonyl (C=O) groups excluding carboxylic acids is 1. The maximum atomic E-state index is 10.7. The van der Waals surface area contributed by atoms with Gasteiger partial charge in [0.25, 0.3) is 0 Å². The predicted molar refractivity (Wildman–Crippen MR) is 51.7 cm³/mol. The van der Waals surface area contributed by atoms with E-state index in [0.717, 1.165) is 6.08 Å².